The van der Waals surface area contributed by atoms with Crippen LogP contribution in [-0.2, 0) is 4.79 Å². The van der Waals surface area contributed by atoms with E-state index in [1.807, 2.05) is 24.3 Å². The van der Waals surface area contributed by atoms with Gasteiger partial charge in [-0.05, 0) is 35.6 Å². The number of rotatable bonds is 1. The molecule has 19 heavy (non-hydrogen) atoms. The lowest BCUT2D eigenvalue weighted by Crippen LogP contribution is -2.19. The van der Waals surface area contributed by atoms with Crippen molar-refractivity contribution >= 4 is 22.3 Å². The topological polar surface area (TPSA) is 30.0 Å². The molecule has 1 aliphatic rings. The Morgan fingerprint density at radius 3 is 2.89 bits per heavy atom. The van der Waals surface area contributed by atoms with E-state index in [0.29, 0.717) is 6.42 Å². The Balaban J connectivity index is 2.13. The summed E-state index contributed by atoms with van der Waals surface area (Å²) in [6.45, 7) is 4.37. The Labute approximate surface area is 113 Å². The number of aromatic nitrogens is 1. The molecule has 1 aromatic carbocycles. The van der Waals surface area contributed by atoms with E-state index < -0.39 is 0 Å². The third kappa shape index (κ3) is 2.30. The Bertz CT molecular complexity index is 682. The Hall–Kier alpha value is -1.96. The number of ketones is 1. The van der Waals surface area contributed by atoms with E-state index in [-0.39, 0.29) is 11.2 Å². The smallest absolute Gasteiger partial charge is 0.163 e. The highest BCUT2D eigenvalue weighted by Crippen LogP contribution is 2.35. The van der Waals surface area contributed by atoms with Gasteiger partial charge in [0.15, 0.2) is 5.78 Å². The van der Waals surface area contributed by atoms with Crippen molar-refractivity contribution < 1.29 is 4.79 Å². The molecule has 1 aliphatic carbocycles. The Kier molecular flexibility index (Phi) is 2.74. The molecule has 2 nitrogen and oxygen atoms in total. The van der Waals surface area contributed by atoms with Crippen LogP contribution in [0.3, 0.4) is 0 Å². The lowest BCUT2D eigenvalue weighted by molar-refractivity contribution is -0.114. The molecule has 2 aromatic rings. The van der Waals surface area contributed by atoms with Gasteiger partial charge in [-0.25, -0.2) is 0 Å². The summed E-state index contributed by atoms with van der Waals surface area (Å²) >= 11 is 0. The summed E-state index contributed by atoms with van der Waals surface area (Å²) in [7, 11) is 0. The zero-order chi connectivity index (χ0) is 13.5. The van der Waals surface area contributed by atoms with E-state index >= 15 is 0 Å². The second-order valence-electron chi connectivity index (χ2n) is 5.88. The number of carbonyl (C=O) groups is 1. The van der Waals surface area contributed by atoms with Gasteiger partial charge in [-0.1, -0.05) is 32.1 Å². The van der Waals surface area contributed by atoms with Gasteiger partial charge in [-0.15, -0.1) is 0 Å². The quantitative estimate of drug-likeness (QED) is 0.766. The van der Waals surface area contributed by atoms with Crippen molar-refractivity contribution in [2.75, 3.05) is 0 Å². The number of carbonyl (C=O) groups excluding carboxylic acids is 1. The molecule has 0 aliphatic heterocycles. The van der Waals surface area contributed by atoms with Gasteiger partial charge >= 0.3 is 0 Å². The summed E-state index contributed by atoms with van der Waals surface area (Å²) in [5.74, 6) is 0.252. The molecule has 0 spiro atoms. The molecular formula is C17H17NO. The Morgan fingerprint density at radius 1 is 1.21 bits per heavy atom. The van der Waals surface area contributed by atoms with E-state index in [1.54, 1.807) is 6.20 Å². The van der Waals surface area contributed by atoms with Crippen molar-refractivity contribution in [3.63, 3.8) is 0 Å². The number of hydrogen-bond donors (Lipinski definition) is 0. The zero-order valence-corrected chi connectivity index (χ0v) is 11.3. The zero-order valence-electron chi connectivity index (χ0n) is 11.3. The SMILES string of the molecule is CC1(C)C=C(c2ccc3ncccc3c2)C(=O)CC1. The van der Waals surface area contributed by atoms with Gasteiger partial charge < -0.3 is 0 Å². The van der Waals surface area contributed by atoms with E-state index in [1.165, 1.54) is 0 Å². The summed E-state index contributed by atoms with van der Waals surface area (Å²) < 4.78 is 0. The summed E-state index contributed by atoms with van der Waals surface area (Å²) in [6.07, 6.45) is 5.49. The van der Waals surface area contributed by atoms with Crippen molar-refractivity contribution in [3.8, 4) is 0 Å². The maximum atomic E-state index is 12.1. The summed E-state index contributed by atoms with van der Waals surface area (Å²) in [6, 6.07) is 10.0. The van der Waals surface area contributed by atoms with Crippen LogP contribution in [0.25, 0.3) is 16.5 Å². The molecule has 0 fully saturated rings. The minimum absolute atomic E-state index is 0.104. The van der Waals surface area contributed by atoms with Gasteiger partial charge in [0.05, 0.1) is 5.52 Å². The second-order valence-corrected chi connectivity index (χ2v) is 5.88. The lowest BCUT2D eigenvalue weighted by Gasteiger charge is -2.26. The summed E-state index contributed by atoms with van der Waals surface area (Å²) in [4.78, 5) is 16.4. The normalized spacial score (nSPS) is 18.4. The fourth-order valence-electron chi connectivity index (χ4n) is 2.60. The van der Waals surface area contributed by atoms with E-state index in [0.717, 1.165) is 28.5 Å². The molecule has 0 N–H and O–H groups in total. The first kappa shape index (κ1) is 12.1. The maximum Gasteiger partial charge on any atom is 0.163 e. The Morgan fingerprint density at radius 2 is 2.05 bits per heavy atom. The highest BCUT2D eigenvalue weighted by molar-refractivity contribution is 6.21. The molecule has 96 valence electrons. The molecule has 1 aromatic heterocycles. The monoisotopic (exact) mass is 251 g/mol. The largest absolute Gasteiger partial charge is 0.294 e. The molecular weight excluding hydrogens is 234 g/mol. The van der Waals surface area contributed by atoms with Crippen LogP contribution >= 0.6 is 0 Å². The van der Waals surface area contributed by atoms with Crippen LogP contribution < -0.4 is 0 Å². The first-order valence-corrected chi connectivity index (χ1v) is 6.66. The van der Waals surface area contributed by atoms with Gasteiger partial charge in [-0.2, -0.15) is 0 Å². The van der Waals surface area contributed by atoms with Crippen LogP contribution in [0, 0.1) is 5.41 Å². The fraction of sp³-hybridized carbons (Fsp3) is 0.294. The first-order valence-electron chi connectivity index (χ1n) is 6.66. The van der Waals surface area contributed by atoms with Gasteiger partial charge in [-0.3, -0.25) is 9.78 Å². The van der Waals surface area contributed by atoms with Crippen molar-refractivity contribution in [1.82, 2.24) is 4.98 Å². The van der Waals surface area contributed by atoms with Crippen LogP contribution in [0.15, 0.2) is 42.6 Å². The van der Waals surface area contributed by atoms with Crippen molar-refractivity contribution in [2.24, 2.45) is 5.41 Å². The molecule has 0 bridgehead atoms. The molecule has 2 heteroatoms. The van der Waals surface area contributed by atoms with E-state index in [4.69, 9.17) is 0 Å². The molecule has 0 radical (unpaired) electrons. The first-order chi connectivity index (χ1) is 9.05. The molecule has 0 atom stereocenters. The highest BCUT2D eigenvalue weighted by atomic mass is 16.1. The molecule has 0 amide bonds. The average molecular weight is 251 g/mol. The minimum Gasteiger partial charge on any atom is -0.294 e. The van der Waals surface area contributed by atoms with Crippen LogP contribution in [0.5, 0.6) is 0 Å². The molecule has 0 unspecified atom stereocenters. The number of allylic oxidation sites excluding steroid dienone is 2. The van der Waals surface area contributed by atoms with Crippen molar-refractivity contribution in [3.05, 3.63) is 48.2 Å². The molecule has 1 heterocycles. The third-order valence-electron chi connectivity index (χ3n) is 3.75. The number of hydrogen-bond acceptors (Lipinski definition) is 2. The fourth-order valence-corrected chi connectivity index (χ4v) is 2.60. The van der Waals surface area contributed by atoms with Crippen LogP contribution in [0.2, 0.25) is 0 Å². The van der Waals surface area contributed by atoms with Gasteiger partial charge in [0, 0.05) is 23.6 Å². The predicted octanol–water partition coefficient (Wildman–Crippen LogP) is 4.01. The van der Waals surface area contributed by atoms with Gasteiger partial charge in [0.1, 0.15) is 0 Å². The number of nitrogens with zero attached hydrogens (tertiary/aromatic N) is 1. The minimum atomic E-state index is 0.104. The molecule has 0 saturated carbocycles. The summed E-state index contributed by atoms with van der Waals surface area (Å²) in [5, 5.41) is 1.08. The molecule has 3 rings (SSSR count). The van der Waals surface area contributed by atoms with Crippen LogP contribution in [0.4, 0.5) is 0 Å². The standard InChI is InChI=1S/C17H17NO/c1-17(2)8-7-16(19)14(11-17)12-5-6-15-13(10-12)4-3-9-18-15/h3-6,9-11H,7-8H2,1-2H3. The average Bonchev–Trinajstić information content (AvgIpc) is 2.41. The van der Waals surface area contributed by atoms with E-state index in [9.17, 15) is 4.79 Å². The highest BCUT2D eigenvalue weighted by Gasteiger charge is 2.26. The van der Waals surface area contributed by atoms with Crippen molar-refractivity contribution in [1.29, 1.82) is 0 Å². The van der Waals surface area contributed by atoms with Crippen LogP contribution in [0.1, 0.15) is 32.3 Å². The predicted molar refractivity (Wildman–Crippen MR) is 77.7 cm³/mol. The lowest BCUT2D eigenvalue weighted by atomic mass is 9.77. The number of Topliss-reactive ketones (excluding diaryl/α,β-unsaturated/α-hetero) is 1. The molecule has 0 saturated heterocycles. The number of fused-ring (bicyclic) bond motifs is 1. The van der Waals surface area contributed by atoms with Gasteiger partial charge in [0.25, 0.3) is 0 Å². The van der Waals surface area contributed by atoms with Crippen LogP contribution in [-0.4, -0.2) is 10.8 Å². The third-order valence-corrected chi connectivity index (χ3v) is 3.75. The van der Waals surface area contributed by atoms with Crippen molar-refractivity contribution in [2.45, 2.75) is 26.7 Å². The number of pyridine rings is 1. The number of benzene rings is 1. The summed E-state index contributed by atoms with van der Waals surface area (Å²) in [5.41, 5.74) is 2.95. The maximum absolute atomic E-state index is 12.1. The van der Waals surface area contributed by atoms with Gasteiger partial charge in [0.2, 0.25) is 0 Å². The van der Waals surface area contributed by atoms with E-state index in [2.05, 4.69) is 31.0 Å². The second kappa shape index (κ2) is 4.30.